The molecule has 0 saturated heterocycles. The Labute approximate surface area is 157 Å². The largest absolute Gasteiger partial charge is 0.494 e. The molecule has 3 N–H and O–H groups in total. The molecule has 138 valence electrons. The second-order valence-electron chi connectivity index (χ2n) is 6.23. The number of benzene rings is 1. The maximum atomic E-state index is 12.2. The van der Waals surface area contributed by atoms with E-state index in [-0.39, 0.29) is 29.0 Å². The number of carbonyl (C=O) groups is 1. The van der Waals surface area contributed by atoms with Gasteiger partial charge in [-0.05, 0) is 42.8 Å². The van der Waals surface area contributed by atoms with Crippen molar-refractivity contribution in [1.82, 2.24) is 9.88 Å². The zero-order valence-corrected chi connectivity index (χ0v) is 15.6. The van der Waals surface area contributed by atoms with Gasteiger partial charge >= 0.3 is 0 Å². The van der Waals surface area contributed by atoms with Crippen molar-refractivity contribution >= 4 is 34.0 Å². The van der Waals surface area contributed by atoms with Crippen LogP contribution in [-0.4, -0.2) is 32.3 Å². The van der Waals surface area contributed by atoms with Crippen LogP contribution in [0.4, 0.5) is 0 Å². The van der Waals surface area contributed by atoms with Crippen molar-refractivity contribution in [3.8, 4) is 11.8 Å². The SMILES string of the molecule is C=CCn1c(O)c2ccc(C(=O)N=NC(=S)NCCC(C)C)cc2c1O. The third kappa shape index (κ3) is 4.45. The van der Waals surface area contributed by atoms with Gasteiger partial charge in [-0.15, -0.1) is 16.8 Å². The molecule has 0 aliphatic heterocycles. The summed E-state index contributed by atoms with van der Waals surface area (Å²) in [6, 6.07) is 4.52. The van der Waals surface area contributed by atoms with Gasteiger partial charge in [0, 0.05) is 29.4 Å². The molecule has 2 aromatic rings. The van der Waals surface area contributed by atoms with Crippen LogP contribution < -0.4 is 5.32 Å². The van der Waals surface area contributed by atoms with Crippen molar-refractivity contribution in [3.63, 3.8) is 0 Å². The predicted octanol–water partition coefficient (Wildman–Crippen LogP) is 3.75. The molecule has 7 nitrogen and oxygen atoms in total. The number of nitrogens with one attached hydrogen (secondary N) is 1. The van der Waals surface area contributed by atoms with Gasteiger partial charge in [-0.3, -0.25) is 9.36 Å². The lowest BCUT2D eigenvalue weighted by Crippen LogP contribution is -2.21. The van der Waals surface area contributed by atoms with Gasteiger partial charge in [0.05, 0.1) is 0 Å². The van der Waals surface area contributed by atoms with Crippen LogP contribution in [0.15, 0.2) is 41.1 Å². The lowest BCUT2D eigenvalue weighted by atomic mass is 10.1. The van der Waals surface area contributed by atoms with E-state index in [4.69, 9.17) is 12.2 Å². The average molecular weight is 374 g/mol. The molecule has 0 spiro atoms. The van der Waals surface area contributed by atoms with Gasteiger partial charge in [-0.1, -0.05) is 19.9 Å². The van der Waals surface area contributed by atoms with Crippen molar-refractivity contribution in [2.24, 2.45) is 16.1 Å². The first-order valence-electron chi connectivity index (χ1n) is 8.24. The van der Waals surface area contributed by atoms with E-state index in [1.165, 1.54) is 16.7 Å². The van der Waals surface area contributed by atoms with Gasteiger partial charge in [0.15, 0.2) is 0 Å². The fourth-order valence-corrected chi connectivity index (χ4v) is 2.54. The smallest absolute Gasteiger partial charge is 0.295 e. The van der Waals surface area contributed by atoms with Crippen LogP contribution in [0.25, 0.3) is 10.8 Å². The van der Waals surface area contributed by atoms with Crippen molar-refractivity contribution in [1.29, 1.82) is 0 Å². The number of aromatic hydroxyl groups is 2. The molecule has 1 amide bonds. The second kappa shape index (κ2) is 8.57. The zero-order chi connectivity index (χ0) is 19.3. The van der Waals surface area contributed by atoms with Crippen molar-refractivity contribution in [3.05, 3.63) is 36.4 Å². The molecule has 26 heavy (non-hydrogen) atoms. The molecule has 0 fully saturated rings. The summed E-state index contributed by atoms with van der Waals surface area (Å²) in [4.78, 5) is 12.2. The van der Waals surface area contributed by atoms with E-state index in [2.05, 4.69) is 36.0 Å². The van der Waals surface area contributed by atoms with Crippen LogP contribution >= 0.6 is 12.2 Å². The van der Waals surface area contributed by atoms with Gasteiger partial charge in [0.1, 0.15) is 0 Å². The summed E-state index contributed by atoms with van der Waals surface area (Å²) in [5.74, 6) is -0.285. The summed E-state index contributed by atoms with van der Waals surface area (Å²) in [5, 5.41) is 31.5. The second-order valence-corrected chi connectivity index (χ2v) is 6.61. The normalized spacial score (nSPS) is 11.3. The minimum absolute atomic E-state index is 0.0893. The number of aromatic nitrogens is 1. The first kappa shape index (κ1) is 19.6. The highest BCUT2D eigenvalue weighted by Crippen LogP contribution is 2.36. The number of amides is 1. The van der Waals surface area contributed by atoms with Crippen LogP contribution in [0.1, 0.15) is 30.6 Å². The molecule has 0 aliphatic carbocycles. The average Bonchev–Trinajstić information content (AvgIpc) is 2.84. The Balaban J connectivity index is 2.15. The van der Waals surface area contributed by atoms with E-state index < -0.39 is 5.91 Å². The van der Waals surface area contributed by atoms with Crippen LogP contribution in [0, 0.1) is 5.92 Å². The number of thiocarbonyl (C=S) groups is 1. The topological polar surface area (TPSA) is 99.2 Å². The molecule has 2 rings (SSSR count). The summed E-state index contributed by atoms with van der Waals surface area (Å²) in [6.45, 7) is 8.69. The van der Waals surface area contributed by atoms with E-state index in [0.717, 1.165) is 6.42 Å². The minimum atomic E-state index is -0.588. The summed E-state index contributed by atoms with van der Waals surface area (Å²) >= 11 is 5.01. The summed E-state index contributed by atoms with van der Waals surface area (Å²) < 4.78 is 1.29. The van der Waals surface area contributed by atoms with E-state index in [9.17, 15) is 15.0 Å². The molecule has 1 aromatic carbocycles. The molecule has 0 unspecified atom stereocenters. The number of fused-ring (bicyclic) bond motifs is 1. The highest BCUT2D eigenvalue weighted by Gasteiger charge is 2.17. The Morgan fingerprint density at radius 2 is 2.00 bits per heavy atom. The maximum absolute atomic E-state index is 12.2. The van der Waals surface area contributed by atoms with Crippen LogP contribution in [-0.2, 0) is 6.54 Å². The molecule has 0 aliphatic rings. The number of hydrogen-bond donors (Lipinski definition) is 3. The van der Waals surface area contributed by atoms with Gasteiger partial charge in [-0.25, -0.2) is 0 Å². The van der Waals surface area contributed by atoms with Crippen molar-refractivity contribution in [2.75, 3.05) is 6.54 Å². The van der Waals surface area contributed by atoms with Gasteiger partial charge in [-0.2, -0.15) is 0 Å². The Kier molecular flexibility index (Phi) is 6.46. The fourth-order valence-electron chi connectivity index (χ4n) is 2.40. The highest BCUT2D eigenvalue weighted by atomic mass is 32.1. The van der Waals surface area contributed by atoms with Gasteiger partial charge < -0.3 is 15.5 Å². The Morgan fingerprint density at radius 1 is 1.31 bits per heavy atom. The molecule has 0 bridgehead atoms. The maximum Gasteiger partial charge on any atom is 0.295 e. The van der Waals surface area contributed by atoms with Crippen LogP contribution in [0.5, 0.6) is 11.8 Å². The first-order valence-corrected chi connectivity index (χ1v) is 8.65. The summed E-state index contributed by atoms with van der Waals surface area (Å²) in [5.41, 5.74) is 0.234. The van der Waals surface area contributed by atoms with Crippen molar-refractivity contribution in [2.45, 2.75) is 26.8 Å². The number of allylic oxidation sites excluding steroid dienone is 1. The first-order chi connectivity index (χ1) is 12.3. The van der Waals surface area contributed by atoms with Crippen LogP contribution in [0.2, 0.25) is 0 Å². The quantitative estimate of drug-likeness (QED) is 0.406. The third-order valence-electron chi connectivity index (χ3n) is 3.80. The molecule has 1 heterocycles. The van der Waals surface area contributed by atoms with Gasteiger partial charge in [0.2, 0.25) is 16.9 Å². The molecule has 1 aromatic heterocycles. The van der Waals surface area contributed by atoms with E-state index in [0.29, 0.717) is 23.2 Å². The monoisotopic (exact) mass is 374 g/mol. The zero-order valence-electron chi connectivity index (χ0n) is 14.8. The van der Waals surface area contributed by atoms with E-state index >= 15 is 0 Å². The standard InChI is InChI=1S/C18H22N4O3S/c1-4-9-22-16(24)13-6-5-12(10-14(13)17(22)25)15(23)20-21-18(26)19-8-7-11(2)3/h4-6,10-11,24-25H,1,7-9H2,2-3H3,(H,19,26). The lowest BCUT2D eigenvalue weighted by Gasteiger charge is -2.05. The third-order valence-corrected chi connectivity index (χ3v) is 4.03. The fraction of sp³-hybridized carbons (Fsp3) is 0.333. The van der Waals surface area contributed by atoms with E-state index in [1.807, 2.05) is 0 Å². The number of azo groups is 1. The predicted molar refractivity (Wildman–Crippen MR) is 105 cm³/mol. The molecule has 0 atom stereocenters. The number of rotatable bonds is 6. The summed E-state index contributed by atoms with van der Waals surface area (Å²) in [7, 11) is 0. The van der Waals surface area contributed by atoms with Gasteiger partial charge in [0.25, 0.3) is 5.91 Å². The van der Waals surface area contributed by atoms with Crippen LogP contribution in [0.3, 0.4) is 0 Å². The lowest BCUT2D eigenvalue weighted by molar-refractivity contribution is 0.0995. The minimum Gasteiger partial charge on any atom is -0.494 e. The number of nitrogens with zero attached hydrogens (tertiary/aromatic N) is 3. The van der Waals surface area contributed by atoms with E-state index in [1.54, 1.807) is 12.1 Å². The molecular weight excluding hydrogens is 352 g/mol. The highest BCUT2D eigenvalue weighted by molar-refractivity contribution is 7.80. The Hall–Kier alpha value is -2.74. The molecular formula is C18H22N4O3S. The van der Waals surface area contributed by atoms with Crippen molar-refractivity contribution < 1.29 is 15.0 Å². The molecule has 0 saturated carbocycles. The Bertz CT molecular complexity index is 871. The molecule has 0 radical (unpaired) electrons. The summed E-state index contributed by atoms with van der Waals surface area (Å²) in [6.07, 6.45) is 2.48. The Morgan fingerprint density at radius 3 is 2.65 bits per heavy atom. The number of hydrogen-bond acceptors (Lipinski definition) is 4. The number of carbonyl (C=O) groups excluding carboxylic acids is 1. The molecule has 8 heteroatoms.